The van der Waals surface area contributed by atoms with Crippen molar-refractivity contribution in [2.45, 2.75) is 31.8 Å². The maximum atomic E-state index is 9.75. The molecule has 1 fully saturated rings. The highest BCUT2D eigenvalue weighted by molar-refractivity contribution is 5.01. The van der Waals surface area contributed by atoms with E-state index < -0.39 is 5.60 Å². The Labute approximate surface area is 67.6 Å². The Morgan fingerprint density at radius 1 is 1.64 bits per heavy atom. The molecule has 1 aliphatic carbocycles. The Balaban J connectivity index is 2.51. The number of rotatable bonds is 2. The molecular weight excluding hydrogens is 140 g/mol. The summed E-state index contributed by atoms with van der Waals surface area (Å²) in [5.74, 6) is 0.245. The molecule has 1 aliphatic rings. The van der Waals surface area contributed by atoms with Gasteiger partial charge < -0.3 is 10.2 Å². The van der Waals surface area contributed by atoms with E-state index in [1.54, 1.807) is 6.08 Å². The third-order valence-corrected chi connectivity index (χ3v) is 2.47. The maximum Gasteiger partial charge on any atom is 0.0682 e. The zero-order valence-corrected chi connectivity index (χ0v) is 6.95. The first kappa shape index (κ1) is 8.75. The fourth-order valence-corrected chi connectivity index (χ4v) is 1.70. The molecule has 1 saturated carbocycles. The van der Waals surface area contributed by atoms with Crippen molar-refractivity contribution in [1.82, 2.24) is 0 Å². The molecule has 0 heterocycles. The fraction of sp³-hybridized carbons (Fsp3) is 0.778. The van der Waals surface area contributed by atoms with Gasteiger partial charge >= 0.3 is 0 Å². The third-order valence-electron chi connectivity index (χ3n) is 2.47. The molecule has 11 heavy (non-hydrogen) atoms. The summed E-state index contributed by atoms with van der Waals surface area (Å²) >= 11 is 0. The highest BCUT2D eigenvalue weighted by Crippen LogP contribution is 2.35. The summed E-state index contributed by atoms with van der Waals surface area (Å²) in [5, 5.41) is 18.3. The minimum absolute atomic E-state index is 0.0760. The van der Waals surface area contributed by atoms with Crippen molar-refractivity contribution in [3.63, 3.8) is 0 Å². The van der Waals surface area contributed by atoms with Crippen LogP contribution in [0.25, 0.3) is 0 Å². The van der Waals surface area contributed by atoms with Crippen LogP contribution in [-0.4, -0.2) is 22.4 Å². The van der Waals surface area contributed by atoms with Crippen LogP contribution in [0.3, 0.4) is 0 Å². The van der Waals surface area contributed by atoms with Gasteiger partial charge in [-0.15, -0.1) is 0 Å². The molecule has 64 valence electrons. The van der Waals surface area contributed by atoms with Gasteiger partial charge in [0.2, 0.25) is 0 Å². The molecular formula is C9H16O2. The lowest BCUT2D eigenvalue weighted by atomic mass is 9.93. The van der Waals surface area contributed by atoms with Crippen LogP contribution >= 0.6 is 0 Å². The second-order valence-electron chi connectivity index (χ2n) is 3.47. The molecule has 0 bridgehead atoms. The van der Waals surface area contributed by atoms with Gasteiger partial charge in [0, 0.05) is 5.92 Å². The van der Waals surface area contributed by atoms with Gasteiger partial charge in [-0.2, -0.15) is 0 Å². The van der Waals surface area contributed by atoms with E-state index in [2.05, 4.69) is 0 Å². The van der Waals surface area contributed by atoms with Gasteiger partial charge in [0.1, 0.15) is 0 Å². The molecule has 0 aliphatic heterocycles. The van der Waals surface area contributed by atoms with Gasteiger partial charge in [-0.3, -0.25) is 0 Å². The monoisotopic (exact) mass is 156 g/mol. The highest BCUT2D eigenvalue weighted by atomic mass is 16.3. The third kappa shape index (κ3) is 2.04. The predicted molar refractivity (Wildman–Crippen MR) is 44.2 cm³/mol. The van der Waals surface area contributed by atoms with Crippen molar-refractivity contribution in [3.05, 3.63) is 12.2 Å². The Morgan fingerprint density at radius 2 is 2.36 bits per heavy atom. The highest BCUT2D eigenvalue weighted by Gasteiger charge is 2.34. The molecule has 0 aromatic rings. The van der Waals surface area contributed by atoms with Gasteiger partial charge in [0.15, 0.2) is 0 Å². The molecule has 0 amide bonds. The van der Waals surface area contributed by atoms with E-state index in [9.17, 15) is 5.11 Å². The lowest BCUT2D eigenvalue weighted by molar-refractivity contribution is 0.0387. The van der Waals surface area contributed by atoms with Crippen molar-refractivity contribution >= 4 is 0 Å². The lowest BCUT2D eigenvalue weighted by Gasteiger charge is -2.22. The van der Waals surface area contributed by atoms with E-state index in [1.165, 1.54) is 0 Å². The number of aliphatic hydroxyl groups excluding tert-OH is 1. The van der Waals surface area contributed by atoms with Crippen LogP contribution in [0.5, 0.6) is 0 Å². The first-order valence-electron chi connectivity index (χ1n) is 4.17. The summed E-state index contributed by atoms with van der Waals surface area (Å²) in [6.07, 6.45) is 6.65. The molecule has 0 saturated heterocycles. The topological polar surface area (TPSA) is 40.5 Å². The minimum atomic E-state index is -0.536. The van der Waals surface area contributed by atoms with E-state index in [0.29, 0.717) is 0 Å². The van der Waals surface area contributed by atoms with Crippen molar-refractivity contribution in [2.75, 3.05) is 6.61 Å². The Kier molecular flexibility index (Phi) is 2.68. The molecule has 2 nitrogen and oxygen atoms in total. The average Bonchev–Trinajstić information content (AvgIpc) is 2.25. The lowest BCUT2D eigenvalue weighted by Crippen LogP contribution is -2.27. The summed E-state index contributed by atoms with van der Waals surface area (Å²) in [4.78, 5) is 0. The largest absolute Gasteiger partial charge is 0.392 e. The van der Waals surface area contributed by atoms with E-state index in [4.69, 9.17) is 5.11 Å². The van der Waals surface area contributed by atoms with Crippen LogP contribution in [-0.2, 0) is 0 Å². The molecule has 1 rings (SSSR count). The number of hydrogen-bond acceptors (Lipinski definition) is 2. The zero-order chi connectivity index (χ0) is 8.32. The van der Waals surface area contributed by atoms with Gasteiger partial charge in [-0.25, -0.2) is 0 Å². The van der Waals surface area contributed by atoms with Crippen LogP contribution < -0.4 is 0 Å². The summed E-state index contributed by atoms with van der Waals surface area (Å²) in [6, 6.07) is 0. The molecule has 2 heteroatoms. The minimum Gasteiger partial charge on any atom is -0.392 e. The molecule has 0 aromatic carbocycles. The fourth-order valence-electron chi connectivity index (χ4n) is 1.70. The Morgan fingerprint density at radius 3 is 2.82 bits per heavy atom. The molecule has 2 N–H and O–H groups in total. The van der Waals surface area contributed by atoms with Crippen molar-refractivity contribution in [1.29, 1.82) is 0 Å². The van der Waals surface area contributed by atoms with Crippen LogP contribution in [0, 0.1) is 5.92 Å². The molecule has 0 spiro atoms. The average molecular weight is 156 g/mol. The van der Waals surface area contributed by atoms with Gasteiger partial charge in [-0.05, 0) is 26.2 Å². The van der Waals surface area contributed by atoms with Gasteiger partial charge in [-0.1, -0.05) is 12.2 Å². The normalized spacial score (nSPS) is 38.6. The van der Waals surface area contributed by atoms with Crippen LogP contribution in [0.15, 0.2) is 12.2 Å². The molecule has 0 radical (unpaired) electrons. The van der Waals surface area contributed by atoms with Gasteiger partial charge in [0.05, 0.1) is 12.2 Å². The molecule has 0 unspecified atom stereocenters. The van der Waals surface area contributed by atoms with Gasteiger partial charge in [0.25, 0.3) is 0 Å². The van der Waals surface area contributed by atoms with Crippen LogP contribution in [0.1, 0.15) is 26.2 Å². The molecule has 0 aromatic heterocycles. The van der Waals surface area contributed by atoms with E-state index in [1.807, 2.05) is 13.0 Å². The molecule has 2 atom stereocenters. The van der Waals surface area contributed by atoms with E-state index in [-0.39, 0.29) is 12.5 Å². The van der Waals surface area contributed by atoms with Crippen molar-refractivity contribution in [3.8, 4) is 0 Å². The number of hydrogen-bond donors (Lipinski definition) is 2. The van der Waals surface area contributed by atoms with E-state index >= 15 is 0 Å². The predicted octanol–water partition coefficient (Wildman–Crippen LogP) is 1.09. The van der Waals surface area contributed by atoms with Crippen molar-refractivity contribution < 1.29 is 10.2 Å². The Hall–Kier alpha value is -0.340. The summed E-state index contributed by atoms with van der Waals surface area (Å²) in [5.41, 5.74) is -0.536. The summed E-state index contributed by atoms with van der Waals surface area (Å²) < 4.78 is 0. The Bertz CT molecular complexity index is 150. The number of aliphatic hydroxyl groups is 2. The zero-order valence-electron chi connectivity index (χ0n) is 6.95. The summed E-state index contributed by atoms with van der Waals surface area (Å²) in [6.45, 7) is 1.94. The van der Waals surface area contributed by atoms with Crippen molar-refractivity contribution in [2.24, 2.45) is 5.92 Å². The second kappa shape index (κ2) is 3.37. The summed E-state index contributed by atoms with van der Waals surface area (Å²) in [7, 11) is 0. The van der Waals surface area contributed by atoms with Crippen LogP contribution in [0.4, 0.5) is 0 Å². The first-order valence-corrected chi connectivity index (χ1v) is 4.17. The van der Waals surface area contributed by atoms with Crippen LogP contribution in [0.2, 0.25) is 0 Å². The first-order chi connectivity index (χ1) is 5.17. The van der Waals surface area contributed by atoms with E-state index in [0.717, 1.165) is 19.3 Å². The quantitative estimate of drug-likeness (QED) is 0.587. The standard InChI is InChI=1S/C9H16O2/c1-9(11)6-2-4-8(9)5-3-7-10/h3,5,8,10-11H,2,4,6-7H2,1H3/b5-3+/t8-,9+/m1/s1. The second-order valence-corrected chi connectivity index (χ2v) is 3.47. The SMILES string of the molecule is C[C@]1(O)CCC[C@@H]1/C=C/CO. The smallest absolute Gasteiger partial charge is 0.0682 e. The maximum absolute atomic E-state index is 9.75.